The lowest BCUT2D eigenvalue weighted by atomic mass is 9.88. The number of benzene rings is 1. The maximum atomic E-state index is 13.3. The third-order valence-electron chi connectivity index (χ3n) is 7.57. The number of halogens is 6. The molecule has 0 unspecified atom stereocenters. The summed E-state index contributed by atoms with van der Waals surface area (Å²) in [6, 6.07) is 8.37. The van der Waals surface area contributed by atoms with Crippen LogP contribution in [0.15, 0.2) is 53.5 Å². The summed E-state index contributed by atoms with van der Waals surface area (Å²) >= 11 is 0. The van der Waals surface area contributed by atoms with Crippen molar-refractivity contribution >= 4 is 22.5 Å². The van der Waals surface area contributed by atoms with Gasteiger partial charge < -0.3 is 15.2 Å². The molecule has 2 N–H and O–H groups in total. The second-order valence-corrected chi connectivity index (χ2v) is 10.3. The number of aromatic nitrogens is 2. The fourth-order valence-electron chi connectivity index (χ4n) is 5.49. The SMILES string of the molecule is O=C(CNc1cc(C(F)(F)F)nc2ccc(C(F)(F)F)cc12)NC1CN([C@H]2CC[C@H](n3ccccc3=O)CC2)C1. The zero-order chi connectivity index (χ0) is 28.7. The highest BCUT2D eigenvalue weighted by Crippen LogP contribution is 2.37. The molecule has 3 heterocycles. The number of carbonyl (C=O) groups excluding carboxylic acids is 1. The maximum absolute atomic E-state index is 13.3. The van der Waals surface area contributed by atoms with E-state index in [1.165, 1.54) is 0 Å². The molecule has 0 bridgehead atoms. The summed E-state index contributed by atoms with van der Waals surface area (Å²) in [5.74, 6) is -0.484. The number of amides is 1. The van der Waals surface area contributed by atoms with Crippen molar-refractivity contribution in [2.24, 2.45) is 0 Å². The van der Waals surface area contributed by atoms with Gasteiger partial charge in [-0.2, -0.15) is 26.3 Å². The van der Waals surface area contributed by atoms with Crippen LogP contribution in [0.5, 0.6) is 0 Å². The van der Waals surface area contributed by atoms with Crippen LogP contribution in [0.3, 0.4) is 0 Å². The fourth-order valence-corrected chi connectivity index (χ4v) is 5.49. The normalized spacial score (nSPS) is 20.8. The lowest BCUT2D eigenvalue weighted by molar-refractivity contribution is -0.141. The molecule has 2 fully saturated rings. The van der Waals surface area contributed by atoms with Gasteiger partial charge in [0.25, 0.3) is 5.56 Å². The van der Waals surface area contributed by atoms with Gasteiger partial charge in [-0.05, 0) is 56.0 Å². The van der Waals surface area contributed by atoms with Gasteiger partial charge in [-0.15, -0.1) is 0 Å². The highest BCUT2D eigenvalue weighted by molar-refractivity contribution is 5.94. The molecule has 5 rings (SSSR count). The maximum Gasteiger partial charge on any atom is 0.433 e. The van der Waals surface area contributed by atoms with E-state index in [1.54, 1.807) is 16.7 Å². The standard InChI is InChI=1S/C27H27F6N5O2/c28-26(29,30)16-4-9-21-20(11-16)22(12-23(36-21)27(31,32)33)34-13-24(39)35-17-14-37(15-17)18-5-7-19(8-6-18)38-10-2-1-3-25(38)40/h1-4,9-12,17-19H,5-8,13-15H2,(H,34,36)(H,35,39)/t18-,19-. The quantitative estimate of drug-likeness (QED) is 0.418. The van der Waals surface area contributed by atoms with E-state index < -0.39 is 36.1 Å². The minimum absolute atomic E-state index is 0.0125. The summed E-state index contributed by atoms with van der Waals surface area (Å²) < 4.78 is 81.4. The van der Waals surface area contributed by atoms with Crippen molar-refractivity contribution in [1.82, 2.24) is 19.8 Å². The van der Waals surface area contributed by atoms with Gasteiger partial charge in [-0.25, -0.2) is 4.98 Å². The molecule has 40 heavy (non-hydrogen) atoms. The molecular formula is C27H27F6N5O2. The first-order valence-electron chi connectivity index (χ1n) is 12.9. The van der Waals surface area contributed by atoms with Gasteiger partial charge in [0.2, 0.25) is 5.91 Å². The van der Waals surface area contributed by atoms with Crippen molar-refractivity contribution in [3.63, 3.8) is 0 Å². The minimum atomic E-state index is -4.82. The molecular weight excluding hydrogens is 540 g/mol. The average molecular weight is 568 g/mol. The van der Waals surface area contributed by atoms with E-state index in [0.717, 1.165) is 37.8 Å². The van der Waals surface area contributed by atoms with Crippen LogP contribution in [-0.2, 0) is 17.1 Å². The summed E-state index contributed by atoms with van der Waals surface area (Å²) in [7, 11) is 0. The van der Waals surface area contributed by atoms with Crippen LogP contribution in [0.25, 0.3) is 10.9 Å². The number of pyridine rings is 2. The van der Waals surface area contributed by atoms with Crippen LogP contribution >= 0.6 is 0 Å². The molecule has 2 aromatic heterocycles. The summed E-state index contributed by atoms with van der Waals surface area (Å²) in [5.41, 5.74) is -2.85. The Bertz CT molecular complexity index is 1440. The smallest absolute Gasteiger partial charge is 0.376 e. The van der Waals surface area contributed by atoms with Crippen LogP contribution in [-0.4, -0.2) is 52.1 Å². The van der Waals surface area contributed by atoms with Gasteiger partial charge in [-0.3, -0.25) is 14.5 Å². The molecule has 1 saturated heterocycles. The molecule has 0 atom stereocenters. The molecule has 2 aliphatic rings. The van der Waals surface area contributed by atoms with Gasteiger partial charge in [0.1, 0.15) is 5.69 Å². The number of alkyl halides is 6. The van der Waals surface area contributed by atoms with Crippen molar-refractivity contribution in [3.8, 4) is 0 Å². The molecule has 214 valence electrons. The monoisotopic (exact) mass is 567 g/mol. The Hall–Kier alpha value is -3.61. The van der Waals surface area contributed by atoms with Crippen molar-refractivity contribution < 1.29 is 31.1 Å². The minimum Gasteiger partial charge on any atom is -0.376 e. The Morgan fingerprint density at radius 2 is 1.62 bits per heavy atom. The van der Waals surface area contributed by atoms with E-state index >= 15 is 0 Å². The molecule has 7 nitrogen and oxygen atoms in total. The molecule has 0 spiro atoms. The fraction of sp³-hybridized carbons (Fsp3) is 0.444. The largest absolute Gasteiger partial charge is 0.433 e. The van der Waals surface area contributed by atoms with Crippen LogP contribution in [0, 0.1) is 0 Å². The molecule has 3 aromatic rings. The van der Waals surface area contributed by atoms with Crippen LogP contribution in [0.4, 0.5) is 32.0 Å². The number of hydrogen-bond acceptors (Lipinski definition) is 5. The Labute approximate surface area is 225 Å². The number of fused-ring (bicyclic) bond motifs is 1. The summed E-state index contributed by atoms with van der Waals surface area (Å²) in [6.07, 6.45) is -4.11. The van der Waals surface area contributed by atoms with E-state index in [2.05, 4.69) is 20.5 Å². The Morgan fingerprint density at radius 1 is 0.925 bits per heavy atom. The predicted octanol–water partition coefficient (Wildman–Crippen LogP) is 4.83. The second kappa shape index (κ2) is 10.8. The number of nitrogens with one attached hydrogen (secondary N) is 2. The molecule has 1 aromatic carbocycles. The second-order valence-electron chi connectivity index (χ2n) is 10.3. The van der Waals surface area contributed by atoms with Gasteiger partial charge in [-0.1, -0.05) is 6.07 Å². The van der Waals surface area contributed by atoms with E-state index in [1.807, 2.05) is 12.3 Å². The predicted molar refractivity (Wildman–Crippen MR) is 136 cm³/mol. The van der Waals surface area contributed by atoms with Crippen molar-refractivity contribution in [2.75, 3.05) is 25.0 Å². The Morgan fingerprint density at radius 3 is 2.27 bits per heavy atom. The Kier molecular flexibility index (Phi) is 7.51. The third-order valence-corrected chi connectivity index (χ3v) is 7.57. The Balaban J connectivity index is 1.16. The number of likely N-dealkylation sites (tertiary alicyclic amines) is 1. The highest BCUT2D eigenvalue weighted by atomic mass is 19.4. The lowest BCUT2D eigenvalue weighted by Crippen LogP contribution is -2.63. The molecule has 13 heteroatoms. The third kappa shape index (κ3) is 6.08. The lowest BCUT2D eigenvalue weighted by Gasteiger charge is -2.46. The van der Waals surface area contributed by atoms with E-state index in [9.17, 15) is 35.9 Å². The van der Waals surface area contributed by atoms with Crippen molar-refractivity contribution in [1.29, 1.82) is 0 Å². The summed E-state index contributed by atoms with van der Waals surface area (Å²) in [6.45, 7) is 0.829. The molecule has 1 aliphatic heterocycles. The number of nitrogens with zero attached hydrogens (tertiary/aromatic N) is 3. The molecule has 1 saturated carbocycles. The van der Waals surface area contributed by atoms with Crippen LogP contribution < -0.4 is 16.2 Å². The van der Waals surface area contributed by atoms with E-state index in [4.69, 9.17) is 0 Å². The first-order chi connectivity index (χ1) is 18.9. The number of rotatable bonds is 6. The highest BCUT2D eigenvalue weighted by Gasteiger charge is 2.37. The molecule has 0 radical (unpaired) electrons. The van der Waals surface area contributed by atoms with Crippen LogP contribution in [0.2, 0.25) is 0 Å². The van der Waals surface area contributed by atoms with Crippen molar-refractivity contribution in [3.05, 3.63) is 70.3 Å². The molecule has 1 amide bonds. The van der Waals surface area contributed by atoms with Gasteiger partial charge in [0, 0.05) is 48.5 Å². The number of anilines is 1. The topological polar surface area (TPSA) is 79.3 Å². The van der Waals surface area contributed by atoms with Crippen molar-refractivity contribution in [2.45, 2.75) is 56.2 Å². The van der Waals surface area contributed by atoms with E-state index in [0.29, 0.717) is 31.3 Å². The number of hydrogen-bond donors (Lipinski definition) is 2. The zero-order valence-electron chi connectivity index (χ0n) is 21.2. The first kappa shape index (κ1) is 27.9. The average Bonchev–Trinajstić information content (AvgIpc) is 2.88. The number of carbonyl (C=O) groups is 1. The molecule has 1 aliphatic carbocycles. The van der Waals surface area contributed by atoms with E-state index in [-0.39, 0.29) is 34.2 Å². The van der Waals surface area contributed by atoms with Gasteiger partial charge >= 0.3 is 12.4 Å². The summed E-state index contributed by atoms with van der Waals surface area (Å²) in [4.78, 5) is 30.3. The first-order valence-corrected chi connectivity index (χ1v) is 12.9. The summed E-state index contributed by atoms with van der Waals surface area (Å²) in [5, 5.41) is 5.22. The van der Waals surface area contributed by atoms with Gasteiger partial charge in [0.05, 0.1) is 23.7 Å². The van der Waals surface area contributed by atoms with Gasteiger partial charge in [0.15, 0.2) is 0 Å². The zero-order valence-corrected chi connectivity index (χ0v) is 21.2. The van der Waals surface area contributed by atoms with Crippen LogP contribution in [0.1, 0.15) is 43.0 Å².